The van der Waals surface area contributed by atoms with Crippen LogP contribution in [-0.4, -0.2) is 26.8 Å². The van der Waals surface area contributed by atoms with Crippen molar-refractivity contribution in [1.29, 1.82) is 0 Å². The molecular weight excluding hydrogens is 316 g/mol. The molecule has 0 unspecified atom stereocenters. The molecule has 0 radical (unpaired) electrons. The zero-order valence-corrected chi connectivity index (χ0v) is 15.2. The van der Waals surface area contributed by atoms with E-state index in [-0.39, 0.29) is 11.9 Å². The van der Waals surface area contributed by atoms with Gasteiger partial charge < -0.3 is 10.1 Å². The Kier molecular flexibility index (Phi) is 5.36. The first-order chi connectivity index (χ1) is 12.0. The van der Waals surface area contributed by atoms with Gasteiger partial charge in [0.15, 0.2) is 0 Å². The standard InChI is InChI=1S/C19H26N4O2/c1-13-10-14(2)23(22-13)15(3)19(24)21-12-16-8-9-18(20-11-16)25-17-6-4-5-7-17/h8-11,15,17H,4-7,12H2,1-3H3,(H,21,24)/t15-/m1/s1. The predicted molar refractivity (Wildman–Crippen MR) is 95.4 cm³/mol. The van der Waals surface area contributed by atoms with Gasteiger partial charge in [-0.3, -0.25) is 9.48 Å². The molecule has 0 aliphatic heterocycles. The van der Waals surface area contributed by atoms with Gasteiger partial charge in [-0.05, 0) is 58.1 Å². The van der Waals surface area contributed by atoms with Crippen molar-refractivity contribution in [1.82, 2.24) is 20.1 Å². The third-order valence-corrected chi connectivity index (χ3v) is 4.64. The van der Waals surface area contributed by atoms with Crippen molar-refractivity contribution >= 4 is 5.91 Å². The lowest BCUT2D eigenvalue weighted by Gasteiger charge is -2.15. The maximum absolute atomic E-state index is 12.4. The second kappa shape index (κ2) is 7.68. The van der Waals surface area contributed by atoms with E-state index in [1.54, 1.807) is 10.9 Å². The molecule has 134 valence electrons. The fourth-order valence-corrected chi connectivity index (χ4v) is 3.25. The highest BCUT2D eigenvalue weighted by Crippen LogP contribution is 2.22. The summed E-state index contributed by atoms with van der Waals surface area (Å²) >= 11 is 0. The van der Waals surface area contributed by atoms with Crippen LogP contribution in [0.4, 0.5) is 0 Å². The predicted octanol–water partition coefficient (Wildman–Crippen LogP) is 3.09. The van der Waals surface area contributed by atoms with Gasteiger partial charge in [0, 0.05) is 24.5 Å². The average Bonchev–Trinajstić information content (AvgIpc) is 3.22. The molecule has 6 heteroatoms. The Hall–Kier alpha value is -2.37. The maximum Gasteiger partial charge on any atom is 0.244 e. The van der Waals surface area contributed by atoms with Crippen LogP contribution in [-0.2, 0) is 11.3 Å². The molecule has 2 aromatic heterocycles. The van der Waals surface area contributed by atoms with Gasteiger partial charge in [-0.2, -0.15) is 5.10 Å². The Balaban J connectivity index is 1.52. The number of aromatic nitrogens is 3. The molecule has 25 heavy (non-hydrogen) atoms. The lowest BCUT2D eigenvalue weighted by molar-refractivity contribution is -0.124. The Labute approximate surface area is 148 Å². The fraction of sp³-hybridized carbons (Fsp3) is 0.526. The number of amides is 1. The van der Waals surface area contributed by atoms with Gasteiger partial charge in [0.25, 0.3) is 0 Å². The summed E-state index contributed by atoms with van der Waals surface area (Å²) < 4.78 is 7.61. The summed E-state index contributed by atoms with van der Waals surface area (Å²) in [6, 6.07) is 5.46. The third-order valence-electron chi connectivity index (χ3n) is 4.64. The summed E-state index contributed by atoms with van der Waals surface area (Å²) in [5.41, 5.74) is 2.85. The number of ether oxygens (including phenoxy) is 1. The van der Waals surface area contributed by atoms with E-state index in [9.17, 15) is 4.79 Å². The van der Waals surface area contributed by atoms with Crippen LogP contribution in [0, 0.1) is 13.8 Å². The number of rotatable bonds is 6. The van der Waals surface area contributed by atoms with E-state index in [4.69, 9.17) is 4.74 Å². The summed E-state index contributed by atoms with van der Waals surface area (Å²) in [6.45, 7) is 6.18. The zero-order chi connectivity index (χ0) is 17.8. The number of nitrogens with zero attached hydrogens (tertiary/aromatic N) is 3. The first-order valence-corrected chi connectivity index (χ1v) is 8.95. The van der Waals surface area contributed by atoms with Crippen LogP contribution in [0.2, 0.25) is 0 Å². The average molecular weight is 342 g/mol. The number of hydrogen-bond donors (Lipinski definition) is 1. The molecule has 6 nitrogen and oxygen atoms in total. The second-order valence-corrected chi connectivity index (χ2v) is 6.79. The molecule has 2 aromatic rings. The SMILES string of the molecule is Cc1cc(C)n([C@H](C)C(=O)NCc2ccc(OC3CCCC3)nc2)n1. The molecule has 2 heterocycles. The molecule has 3 rings (SSSR count). The summed E-state index contributed by atoms with van der Waals surface area (Å²) in [7, 11) is 0. The quantitative estimate of drug-likeness (QED) is 0.876. The van der Waals surface area contributed by atoms with Crippen molar-refractivity contribution in [2.45, 2.75) is 65.1 Å². The number of nitrogens with one attached hydrogen (secondary N) is 1. The minimum absolute atomic E-state index is 0.0579. The minimum Gasteiger partial charge on any atom is -0.474 e. The summed E-state index contributed by atoms with van der Waals surface area (Å²) in [4.78, 5) is 16.7. The molecule has 1 saturated carbocycles. The summed E-state index contributed by atoms with van der Waals surface area (Å²) in [5.74, 6) is 0.607. The van der Waals surface area contributed by atoms with Gasteiger partial charge in [0.1, 0.15) is 12.1 Å². The summed E-state index contributed by atoms with van der Waals surface area (Å²) in [6.07, 6.45) is 6.77. The zero-order valence-electron chi connectivity index (χ0n) is 15.2. The van der Waals surface area contributed by atoms with Gasteiger partial charge in [-0.15, -0.1) is 0 Å². The van der Waals surface area contributed by atoms with Gasteiger partial charge in [-0.1, -0.05) is 6.07 Å². The molecule has 1 aliphatic rings. The lowest BCUT2D eigenvalue weighted by atomic mass is 10.2. The molecule has 1 N–H and O–H groups in total. The molecule has 1 aliphatic carbocycles. The first-order valence-electron chi connectivity index (χ1n) is 8.95. The van der Waals surface area contributed by atoms with Crippen molar-refractivity contribution in [3.63, 3.8) is 0 Å². The highest BCUT2D eigenvalue weighted by molar-refractivity contribution is 5.79. The largest absolute Gasteiger partial charge is 0.474 e. The molecule has 0 spiro atoms. The molecule has 0 bridgehead atoms. The van der Waals surface area contributed by atoms with Crippen molar-refractivity contribution in [3.05, 3.63) is 41.3 Å². The van der Waals surface area contributed by atoms with Gasteiger partial charge in [-0.25, -0.2) is 4.98 Å². The van der Waals surface area contributed by atoms with E-state index in [2.05, 4.69) is 15.4 Å². The van der Waals surface area contributed by atoms with Crippen LogP contribution < -0.4 is 10.1 Å². The first kappa shape index (κ1) is 17.5. The Morgan fingerprint density at radius 3 is 2.72 bits per heavy atom. The van der Waals surface area contributed by atoms with Gasteiger partial charge >= 0.3 is 0 Å². The Bertz CT molecular complexity index is 718. The highest BCUT2D eigenvalue weighted by Gasteiger charge is 2.18. The van der Waals surface area contributed by atoms with Crippen molar-refractivity contribution in [2.75, 3.05) is 0 Å². The van der Waals surface area contributed by atoms with Gasteiger partial charge in [0.05, 0.1) is 5.69 Å². The number of carbonyl (C=O) groups is 1. The van der Waals surface area contributed by atoms with Crippen LogP contribution in [0.15, 0.2) is 24.4 Å². The van der Waals surface area contributed by atoms with Crippen molar-refractivity contribution < 1.29 is 9.53 Å². The van der Waals surface area contributed by atoms with Crippen LogP contribution in [0.25, 0.3) is 0 Å². The molecule has 1 amide bonds. The minimum atomic E-state index is -0.341. The smallest absolute Gasteiger partial charge is 0.244 e. The Morgan fingerprint density at radius 2 is 2.12 bits per heavy atom. The second-order valence-electron chi connectivity index (χ2n) is 6.79. The number of pyridine rings is 1. The third kappa shape index (κ3) is 4.38. The van der Waals surface area contributed by atoms with E-state index in [1.165, 1.54) is 12.8 Å². The van der Waals surface area contributed by atoms with Crippen molar-refractivity contribution in [2.24, 2.45) is 0 Å². The van der Waals surface area contributed by atoms with E-state index >= 15 is 0 Å². The number of aryl methyl sites for hydroxylation is 2. The molecule has 0 saturated heterocycles. The van der Waals surface area contributed by atoms with Crippen molar-refractivity contribution in [3.8, 4) is 5.88 Å². The van der Waals surface area contributed by atoms with Crippen LogP contribution >= 0.6 is 0 Å². The fourth-order valence-electron chi connectivity index (χ4n) is 3.25. The van der Waals surface area contributed by atoms with Gasteiger partial charge in [0.2, 0.25) is 11.8 Å². The van der Waals surface area contributed by atoms with E-state index in [0.29, 0.717) is 18.5 Å². The summed E-state index contributed by atoms with van der Waals surface area (Å²) in [5, 5.41) is 7.32. The van der Waals surface area contributed by atoms with Crippen LogP contribution in [0.5, 0.6) is 5.88 Å². The van der Waals surface area contributed by atoms with E-state index in [1.807, 2.05) is 39.0 Å². The lowest BCUT2D eigenvalue weighted by Crippen LogP contribution is -2.31. The van der Waals surface area contributed by atoms with E-state index in [0.717, 1.165) is 29.8 Å². The molecule has 1 atom stereocenters. The normalized spacial score (nSPS) is 16.0. The van der Waals surface area contributed by atoms with Crippen LogP contribution in [0.1, 0.15) is 55.6 Å². The van der Waals surface area contributed by atoms with Crippen LogP contribution in [0.3, 0.4) is 0 Å². The van der Waals surface area contributed by atoms with E-state index < -0.39 is 0 Å². The maximum atomic E-state index is 12.4. The topological polar surface area (TPSA) is 69.0 Å². The molecule has 0 aromatic carbocycles. The monoisotopic (exact) mass is 342 g/mol. The Morgan fingerprint density at radius 1 is 1.36 bits per heavy atom. The number of carbonyl (C=O) groups excluding carboxylic acids is 1. The molecular formula is C19H26N4O2. The molecule has 1 fully saturated rings. The number of hydrogen-bond acceptors (Lipinski definition) is 4. The highest BCUT2D eigenvalue weighted by atomic mass is 16.5.